The Labute approximate surface area is 122 Å². The molecule has 3 nitrogen and oxygen atoms in total. The molecule has 0 spiro atoms. The maximum atomic E-state index is 11.5. The molecule has 1 amide bonds. The minimum Gasteiger partial charge on any atom is -0.318 e. The largest absolute Gasteiger partial charge is 0.318 e. The number of fused-ring (bicyclic) bond motifs is 1. The number of rotatable bonds is 2. The van der Waals surface area contributed by atoms with Gasteiger partial charge in [-0.1, -0.05) is 33.8 Å². The van der Waals surface area contributed by atoms with Crippen LogP contribution in [0.25, 0.3) is 0 Å². The van der Waals surface area contributed by atoms with E-state index in [9.17, 15) is 9.59 Å². The van der Waals surface area contributed by atoms with Crippen molar-refractivity contribution in [2.24, 2.45) is 0 Å². The Bertz CT molecular complexity index is 700. The van der Waals surface area contributed by atoms with Gasteiger partial charge < -0.3 is 5.32 Å². The molecule has 1 aliphatic rings. The van der Waals surface area contributed by atoms with Crippen LogP contribution in [0.3, 0.4) is 0 Å². The van der Waals surface area contributed by atoms with Gasteiger partial charge in [0.05, 0.1) is 11.3 Å². The van der Waals surface area contributed by atoms with Crippen LogP contribution >= 0.6 is 27.7 Å². The lowest BCUT2D eigenvalue weighted by atomic mass is 10.1. The molecule has 94 valence electrons. The Morgan fingerprint density at radius 3 is 2.58 bits per heavy atom. The SMILES string of the molecule is O=C1Nc2cc(Sc3cccc(Br)c3)ccc2C1=O. The van der Waals surface area contributed by atoms with E-state index >= 15 is 0 Å². The first-order valence-electron chi connectivity index (χ1n) is 5.56. The maximum Gasteiger partial charge on any atom is 0.296 e. The van der Waals surface area contributed by atoms with Crippen LogP contribution in [-0.2, 0) is 4.79 Å². The number of nitrogens with one attached hydrogen (secondary N) is 1. The maximum absolute atomic E-state index is 11.5. The van der Waals surface area contributed by atoms with Crippen LogP contribution in [0, 0.1) is 0 Å². The average Bonchev–Trinajstić information content (AvgIpc) is 2.65. The molecule has 0 unspecified atom stereocenters. The molecule has 0 saturated heterocycles. The number of ketones is 1. The van der Waals surface area contributed by atoms with Crippen molar-refractivity contribution in [3.05, 3.63) is 52.5 Å². The summed E-state index contributed by atoms with van der Waals surface area (Å²) in [5.74, 6) is -1.02. The predicted octanol–water partition coefficient (Wildman–Crippen LogP) is 3.74. The molecule has 2 aromatic carbocycles. The third kappa shape index (κ3) is 2.43. The van der Waals surface area contributed by atoms with Crippen LogP contribution in [0.4, 0.5) is 5.69 Å². The Morgan fingerprint density at radius 2 is 1.79 bits per heavy atom. The number of Topliss-reactive ketones (excluding diaryl/α,β-unsaturated/α-hetero) is 1. The highest BCUT2D eigenvalue weighted by atomic mass is 79.9. The molecule has 0 radical (unpaired) electrons. The molecule has 0 aliphatic carbocycles. The fourth-order valence-electron chi connectivity index (χ4n) is 1.86. The van der Waals surface area contributed by atoms with Gasteiger partial charge in [0, 0.05) is 14.3 Å². The smallest absolute Gasteiger partial charge is 0.296 e. The second-order valence-corrected chi connectivity index (χ2v) is 6.11. The Kier molecular flexibility index (Phi) is 3.16. The first-order valence-corrected chi connectivity index (χ1v) is 7.17. The zero-order chi connectivity index (χ0) is 13.4. The fraction of sp³-hybridized carbons (Fsp3) is 0. The lowest BCUT2D eigenvalue weighted by Gasteiger charge is -2.04. The normalized spacial score (nSPS) is 13.3. The summed E-state index contributed by atoms with van der Waals surface area (Å²) in [4.78, 5) is 24.8. The molecule has 1 N–H and O–H groups in total. The monoisotopic (exact) mass is 333 g/mol. The zero-order valence-electron chi connectivity index (χ0n) is 9.64. The van der Waals surface area contributed by atoms with Crippen LogP contribution in [-0.4, -0.2) is 11.7 Å². The third-order valence-corrected chi connectivity index (χ3v) is 4.19. The molecular weight excluding hydrogens is 326 g/mol. The number of carbonyl (C=O) groups is 2. The van der Waals surface area contributed by atoms with E-state index in [1.807, 2.05) is 36.4 Å². The summed E-state index contributed by atoms with van der Waals surface area (Å²) >= 11 is 5.00. The molecule has 0 saturated carbocycles. The van der Waals surface area contributed by atoms with Gasteiger partial charge in [-0.2, -0.15) is 0 Å². The first-order chi connectivity index (χ1) is 9.13. The standard InChI is InChI=1S/C14H8BrNO2S/c15-8-2-1-3-9(6-8)19-10-4-5-11-12(7-10)16-14(18)13(11)17/h1-7H,(H,16,17,18). The van der Waals surface area contributed by atoms with Gasteiger partial charge in [0.1, 0.15) is 0 Å². The molecule has 0 fully saturated rings. The summed E-state index contributed by atoms with van der Waals surface area (Å²) in [7, 11) is 0. The highest BCUT2D eigenvalue weighted by molar-refractivity contribution is 9.10. The molecule has 3 rings (SSSR count). The number of benzene rings is 2. The van der Waals surface area contributed by atoms with E-state index in [4.69, 9.17) is 0 Å². The van der Waals surface area contributed by atoms with Gasteiger partial charge in [0.25, 0.3) is 11.7 Å². The quantitative estimate of drug-likeness (QED) is 0.851. The summed E-state index contributed by atoms with van der Waals surface area (Å²) < 4.78 is 1.02. The van der Waals surface area contributed by atoms with Gasteiger partial charge in [0.15, 0.2) is 0 Å². The molecule has 0 atom stereocenters. The number of hydrogen-bond donors (Lipinski definition) is 1. The zero-order valence-corrected chi connectivity index (χ0v) is 12.0. The summed E-state index contributed by atoms with van der Waals surface area (Å²) in [6, 6.07) is 13.3. The summed E-state index contributed by atoms with van der Waals surface area (Å²) in [6.45, 7) is 0. The third-order valence-electron chi connectivity index (χ3n) is 2.72. The van der Waals surface area contributed by atoms with Crippen LogP contribution < -0.4 is 5.32 Å². The lowest BCUT2D eigenvalue weighted by molar-refractivity contribution is -0.112. The van der Waals surface area contributed by atoms with Crippen molar-refractivity contribution in [3.8, 4) is 0 Å². The van der Waals surface area contributed by atoms with E-state index in [-0.39, 0.29) is 0 Å². The van der Waals surface area contributed by atoms with E-state index in [2.05, 4.69) is 21.2 Å². The molecular formula is C14H8BrNO2S. The number of halogens is 1. The van der Waals surface area contributed by atoms with Gasteiger partial charge >= 0.3 is 0 Å². The predicted molar refractivity (Wildman–Crippen MR) is 77.7 cm³/mol. The van der Waals surface area contributed by atoms with E-state index in [1.54, 1.807) is 17.8 Å². The second kappa shape index (κ2) is 4.83. The van der Waals surface area contributed by atoms with Crippen LogP contribution in [0.15, 0.2) is 56.7 Å². The van der Waals surface area contributed by atoms with Crippen molar-refractivity contribution < 1.29 is 9.59 Å². The molecule has 0 aromatic heterocycles. The van der Waals surface area contributed by atoms with Gasteiger partial charge in [-0.25, -0.2) is 0 Å². The van der Waals surface area contributed by atoms with Gasteiger partial charge in [-0.15, -0.1) is 0 Å². The van der Waals surface area contributed by atoms with E-state index in [0.29, 0.717) is 11.3 Å². The minimum absolute atomic E-state index is 0.448. The fourth-order valence-corrected chi connectivity index (χ4v) is 3.32. The lowest BCUT2D eigenvalue weighted by Crippen LogP contribution is -2.12. The Balaban J connectivity index is 1.90. The van der Waals surface area contributed by atoms with Crippen molar-refractivity contribution in [3.63, 3.8) is 0 Å². The van der Waals surface area contributed by atoms with E-state index in [0.717, 1.165) is 14.3 Å². The summed E-state index contributed by atoms with van der Waals surface area (Å²) in [5, 5.41) is 2.57. The van der Waals surface area contributed by atoms with Crippen LogP contribution in [0.1, 0.15) is 10.4 Å². The number of amides is 1. The molecule has 19 heavy (non-hydrogen) atoms. The molecule has 5 heteroatoms. The van der Waals surface area contributed by atoms with Crippen molar-refractivity contribution in [2.75, 3.05) is 5.32 Å². The average molecular weight is 334 g/mol. The van der Waals surface area contributed by atoms with Gasteiger partial charge in [0.2, 0.25) is 0 Å². The van der Waals surface area contributed by atoms with Crippen molar-refractivity contribution in [1.82, 2.24) is 0 Å². The minimum atomic E-state index is -0.556. The summed E-state index contributed by atoms with van der Waals surface area (Å²) in [5.41, 5.74) is 1.04. The van der Waals surface area contributed by atoms with Crippen LogP contribution in [0.2, 0.25) is 0 Å². The highest BCUT2D eigenvalue weighted by Gasteiger charge is 2.27. The van der Waals surface area contributed by atoms with Crippen molar-refractivity contribution >= 4 is 45.1 Å². The topological polar surface area (TPSA) is 46.2 Å². The van der Waals surface area contributed by atoms with Gasteiger partial charge in [-0.3, -0.25) is 9.59 Å². The number of carbonyl (C=O) groups excluding carboxylic acids is 2. The number of anilines is 1. The summed E-state index contributed by atoms with van der Waals surface area (Å²) in [6.07, 6.45) is 0. The van der Waals surface area contributed by atoms with Crippen molar-refractivity contribution in [2.45, 2.75) is 9.79 Å². The molecule has 0 bridgehead atoms. The van der Waals surface area contributed by atoms with Gasteiger partial charge in [-0.05, 0) is 36.4 Å². The van der Waals surface area contributed by atoms with E-state index in [1.165, 1.54) is 0 Å². The Morgan fingerprint density at radius 1 is 1.00 bits per heavy atom. The second-order valence-electron chi connectivity index (χ2n) is 4.05. The number of hydrogen-bond acceptors (Lipinski definition) is 3. The molecule has 1 aliphatic heterocycles. The molecule has 1 heterocycles. The highest BCUT2D eigenvalue weighted by Crippen LogP contribution is 2.33. The van der Waals surface area contributed by atoms with E-state index < -0.39 is 11.7 Å². The Hall–Kier alpha value is -1.59. The van der Waals surface area contributed by atoms with Crippen molar-refractivity contribution in [1.29, 1.82) is 0 Å². The molecule has 2 aromatic rings. The van der Waals surface area contributed by atoms with Crippen LogP contribution in [0.5, 0.6) is 0 Å². The first kappa shape index (κ1) is 12.4.